The molecule has 0 bridgehead atoms. The number of hydrogen-bond acceptors (Lipinski definition) is 3. The van der Waals surface area contributed by atoms with Gasteiger partial charge in [0.05, 0.1) is 18.3 Å². The zero-order chi connectivity index (χ0) is 10.7. The lowest BCUT2D eigenvalue weighted by atomic mass is 10.2. The lowest BCUT2D eigenvalue weighted by molar-refractivity contribution is 0.111. The third-order valence-corrected chi connectivity index (χ3v) is 2.36. The van der Waals surface area contributed by atoms with E-state index in [9.17, 15) is 4.79 Å². The van der Waals surface area contributed by atoms with Crippen molar-refractivity contribution in [1.82, 2.24) is 9.55 Å². The minimum Gasteiger partial charge on any atom is -0.469 e. The zero-order valence-electron chi connectivity index (χ0n) is 8.51. The number of aldehydes is 1. The molecule has 0 unspecified atom stereocenters. The number of hydrogen-bond donors (Lipinski definition) is 0. The van der Waals surface area contributed by atoms with Crippen molar-refractivity contribution in [1.29, 1.82) is 0 Å². The maximum absolute atomic E-state index is 10.8. The van der Waals surface area contributed by atoms with Gasteiger partial charge < -0.3 is 8.98 Å². The largest absolute Gasteiger partial charge is 0.469 e. The maximum Gasteiger partial charge on any atom is 0.168 e. The Kier molecular flexibility index (Phi) is 2.67. The van der Waals surface area contributed by atoms with Crippen LogP contribution in [0.2, 0.25) is 0 Å². The zero-order valence-corrected chi connectivity index (χ0v) is 8.51. The number of imidazole rings is 1. The van der Waals surface area contributed by atoms with E-state index in [4.69, 9.17) is 4.42 Å². The summed E-state index contributed by atoms with van der Waals surface area (Å²) in [6, 6.07) is 3.78. The lowest BCUT2D eigenvalue weighted by Crippen LogP contribution is -1.98. The van der Waals surface area contributed by atoms with E-state index in [1.807, 2.05) is 19.2 Å². The topological polar surface area (TPSA) is 48.0 Å². The number of aryl methyl sites for hydroxylation is 3. The van der Waals surface area contributed by atoms with Gasteiger partial charge in [-0.3, -0.25) is 4.79 Å². The summed E-state index contributed by atoms with van der Waals surface area (Å²) >= 11 is 0. The van der Waals surface area contributed by atoms with Crippen LogP contribution in [0.5, 0.6) is 0 Å². The predicted octanol–water partition coefficient (Wildman–Crippen LogP) is 1.61. The van der Waals surface area contributed by atoms with Crippen molar-refractivity contribution < 1.29 is 9.21 Å². The second-order valence-corrected chi connectivity index (χ2v) is 3.38. The third-order valence-electron chi connectivity index (χ3n) is 2.36. The number of carbonyl (C=O) groups excluding carboxylic acids is 1. The molecular formula is C11H12N2O2. The Morgan fingerprint density at radius 3 is 3.07 bits per heavy atom. The molecule has 0 aliphatic carbocycles. The maximum atomic E-state index is 10.8. The summed E-state index contributed by atoms with van der Waals surface area (Å²) in [5.74, 6) is 0.914. The fourth-order valence-corrected chi connectivity index (χ4v) is 1.53. The van der Waals surface area contributed by atoms with Gasteiger partial charge in [-0.25, -0.2) is 4.98 Å². The first-order valence-electron chi connectivity index (χ1n) is 4.79. The van der Waals surface area contributed by atoms with Crippen LogP contribution >= 0.6 is 0 Å². The molecule has 2 rings (SSSR count). The summed E-state index contributed by atoms with van der Waals surface area (Å²) < 4.78 is 6.94. The Bertz CT molecular complexity index is 443. The molecule has 0 radical (unpaired) electrons. The monoisotopic (exact) mass is 204 g/mol. The molecule has 0 aliphatic heterocycles. The number of nitrogens with zero attached hydrogens (tertiary/aromatic N) is 2. The molecule has 0 aromatic carbocycles. The predicted molar refractivity (Wildman–Crippen MR) is 54.7 cm³/mol. The van der Waals surface area contributed by atoms with E-state index < -0.39 is 0 Å². The average Bonchev–Trinajstić information content (AvgIpc) is 2.84. The fourth-order valence-electron chi connectivity index (χ4n) is 1.53. The molecule has 4 heteroatoms. The smallest absolute Gasteiger partial charge is 0.168 e. The van der Waals surface area contributed by atoms with E-state index in [-0.39, 0.29) is 0 Å². The Morgan fingerprint density at radius 1 is 1.53 bits per heavy atom. The highest BCUT2D eigenvalue weighted by Gasteiger charge is 2.08. The lowest BCUT2D eigenvalue weighted by Gasteiger charge is -1.97. The first kappa shape index (κ1) is 9.71. The minimum absolute atomic E-state index is 0.640. The summed E-state index contributed by atoms with van der Waals surface area (Å²) in [6.07, 6.45) is 5.63. The van der Waals surface area contributed by atoms with Crippen molar-refractivity contribution in [3.63, 3.8) is 0 Å². The van der Waals surface area contributed by atoms with Crippen molar-refractivity contribution in [3.8, 4) is 0 Å². The van der Waals surface area contributed by atoms with Gasteiger partial charge in [-0.05, 0) is 18.6 Å². The van der Waals surface area contributed by atoms with E-state index in [0.29, 0.717) is 5.69 Å². The van der Waals surface area contributed by atoms with Gasteiger partial charge in [0.15, 0.2) is 6.29 Å². The summed E-state index contributed by atoms with van der Waals surface area (Å²) in [7, 11) is 1.81. The van der Waals surface area contributed by atoms with Crippen LogP contribution < -0.4 is 0 Å². The summed E-state index contributed by atoms with van der Waals surface area (Å²) in [6.45, 7) is 0. The fraction of sp³-hybridized carbons (Fsp3) is 0.273. The molecule has 2 aromatic rings. The van der Waals surface area contributed by atoms with E-state index >= 15 is 0 Å². The highest BCUT2D eigenvalue weighted by atomic mass is 16.3. The van der Waals surface area contributed by atoms with Gasteiger partial charge in [-0.1, -0.05) is 0 Å². The van der Waals surface area contributed by atoms with Crippen LogP contribution in [0.3, 0.4) is 0 Å². The number of furan rings is 1. The van der Waals surface area contributed by atoms with Crippen molar-refractivity contribution in [3.05, 3.63) is 41.9 Å². The third kappa shape index (κ3) is 1.98. The first-order valence-corrected chi connectivity index (χ1v) is 4.79. The van der Waals surface area contributed by atoms with Crippen LogP contribution in [0.4, 0.5) is 0 Å². The van der Waals surface area contributed by atoms with Gasteiger partial charge in [0.1, 0.15) is 11.5 Å². The molecule has 15 heavy (non-hydrogen) atoms. The summed E-state index contributed by atoms with van der Waals surface area (Å²) in [4.78, 5) is 15.0. The van der Waals surface area contributed by atoms with Crippen LogP contribution in [-0.4, -0.2) is 15.8 Å². The number of carbonyl (C=O) groups is 1. The van der Waals surface area contributed by atoms with Crippen molar-refractivity contribution >= 4 is 6.29 Å². The molecule has 0 aliphatic rings. The highest BCUT2D eigenvalue weighted by Crippen LogP contribution is 2.09. The van der Waals surface area contributed by atoms with E-state index in [1.165, 1.54) is 0 Å². The normalized spacial score (nSPS) is 10.5. The van der Waals surface area contributed by atoms with Gasteiger partial charge in [-0.2, -0.15) is 0 Å². The quantitative estimate of drug-likeness (QED) is 0.711. The second-order valence-electron chi connectivity index (χ2n) is 3.38. The standard InChI is InChI=1S/C11H12N2O2/c1-13-8-12-10(11(13)7-14)5-4-9-3-2-6-15-9/h2-3,6-8H,4-5H2,1H3. The van der Waals surface area contributed by atoms with E-state index in [0.717, 1.165) is 30.6 Å². The molecule has 78 valence electrons. The van der Waals surface area contributed by atoms with E-state index in [1.54, 1.807) is 17.2 Å². The van der Waals surface area contributed by atoms with Crippen molar-refractivity contribution in [2.24, 2.45) is 7.05 Å². The Labute approximate surface area is 87.5 Å². The Morgan fingerprint density at radius 2 is 2.40 bits per heavy atom. The Hall–Kier alpha value is -1.84. The molecule has 0 spiro atoms. The number of rotatable bonds is 4. The van der Waals surface area contributed by atoms with Crippen LogP contribution in [0.15, 0.2) is 29.1 Å². The van der Waals surface area contributed by atoms with Gasteiger partial charge in [0.25, 0.3) is 0 Å². The molecular weight excluding hydrogens is 192 g/mol. The molecule has 0 fully saturated rings. The molecule has 0 N–H and O–H groups in total. The molecule has 2 heterocycles. The van der Waals surface area contributed by atoms with Gasteiger partial charge >= 0.3 is 0 Å². The van der Waals surface area contributed by atoms with Gasteiger partial charge in [0.2, 0.25) is 0 Å². The van der Waals surface area contributed by atoms with E-state index in [2.05, 4.69) is 4.98 Å². The van der Waals surface area contributed by atoms with Gasteiger partial charge in [-0.15, -0.1) is 0 Å². The number of aromatic nitrogens is 2. The van der Waals surface area contributed by atoms with Crippen LogP contribution in [0, 0.1) is 0 Å². The molecule has 0 amide bonds. The van der Waals surface area contributed by atoms with Crippen LogP contribution in [0.1, 0.15) is 21.9 Å². The minimum atomic E-state index is 0.640. The van der Waals surface area contributed by atoms with Gasteiger partial charge in [0, 0.05) is 13.5 Å². The first-order chi connectivity index (χ1) is 7.31. The SMILES string of the molecule is Cn1cnc(CCc2ccco2)c1C=O. The highest BCUT2D eigenvalue weighted by molar-refractivity contribution is 5.73. The van der Waals surface area contributed by atoms with Crippen molar-refractivity contribution in [2.75, 3.05) is 0 Å². The molecule has 0 saturated heterocycles. The molecule has 0 atom stereocenters. The molecule has 2 aromatic heterocycles. The Balaban J connectivity index is 2.08. The second kappa shape index (κ2) is 4.13. The van der Waals surface area contributed by atoms with Crippen LogP contribution in [-0.2, 0) is 19.9 Å². The average molecular weight is 204 g/mol. The summed E-state index contributed by atoms with van der Waals surface area (Å²) in [5.41, 5.74) is 1.46. The molecule has 0 saturated carbocycles. The van der Waals surface area contributed by atoms with Crippen LogP contribution in [0.25, 0.3) is 0 Å². The molecule has 4 nitrogen and oxygen atoms in total. The summed E-state index contributed by atoms with van der Waals surface area (Å²) in [5, 5.41) is 0. The van der Waals surface area contributed by atoms with Crippen molar-refractivity contribution in [2.45, 2.75) is 12.8 Å².